The van der Waals surface area contributed by atoms with Crippen molar-refractivity contribution in [3.8, 4) is 0 Å². The molecule has 1 aromatic rings. The van der Waals surface area contributed by atoms with Gasteiger partial charge >= 0.3 is 27.0 Å². The monoisotopic (exact) mass is 216 g/mol. The molecule has 0 heterocycles. The third kappa shape index (κ3) is 2.93. The number of halogens is 1. The molecule has 0 unspecified atom stereocenters. The van der Waals surface area contributed by atoms with Crippen molar-refractivity contribution in [1.82, 2.24) is 0 Å². The first-order valence-electron chi connectivity index (χ1n) is 3.62. The Morgan fingerprint density at radius 3 is 2.27 bits per heavy atom. The second-order valence-corrected chi connectivity index (χ2v) is 2.49. The Morgan fingerprint density at radius 2 is 1.82 bits per heavy atom. The van der Waals surface area contributed by atoms with Gasteiger partial charge in [-0.05, 0) is 0 Å². The second-order valence-electron chi connectivity index (χ2n) is 2.49. The van der Waals surface area contributed by atoms with E-state index < -0.39 is 0 Å². The Hall–Kier alpha value is 0.133. The van der Waals surface area contributed by atoms with Gasteiger partial charge in [0, 0.05) is 0 Å². The van der Waals surface area contributed by atoms with Crippen LogP contribution in [0, 0.1) is 6.42 Å². The first-order valence-corrected chi connectivity index (χ1v) is 7.52. The zero-order valence-corrected chi connectivity index (χ0v) is 10.1. The molecule has 1 aliphatic rings. The van der Waals surface area contributed by atoms with E-state index in [9.17, 15) is 0 Å². The quantitative estimate of drug-likeness (QED) is 0.501. The molecule has 54 valence electrons. The normalized spacial score (nSPS) is 20.1. The molecule has 2 heteroatoms. The Balaban J connectivity index is 0.000000281. The third-order valence-corrected chi connectivity index (χ3v) is 1.70. The molecule has 0 nitrogen and oxygen atoms in total. The summed E-state index contributed by atoms with van der Waals surface area (Å²) in [6.07, 6.45) is 3.61. The van der Waals surface area contributed by atoms with Crippen LogP contribution in [0.15, 0.2) is 30.3 Å². The molecule has 0 bridgehead atoms. The van der Waals surface area contributed by atoms with Crippen LogP contribution < -0.4 is 0 Å². The van der Waals surface area contributed by atoms with E-state index in [1.807, 2.05) is 0 Å². The smallest absolute Gasteiger partial charge is 0.0615 e. The standard InChI is InChI=1S/C9H9.ClH.Zn/c1-2-4-8(5-3-1)9-6-7-9;;/h1-6,9H,7H2;1H;/q-1;;+2/p-1/t9-;;/m1../s1. The number of rotatable bonds is 1. The minimum Gasteiger partial charge on any atom is -0.325 e. The second kappa shape index (κ2) is 4.90. The van der Waals surface area contributed by atoms with Crippen LogP contribution in [0.1, 0.15) is 17.9 Å². The van der Waals surface area contributed by atoms with Crippen molar-refractivity contribution in [3.63, 3.8) is 0 Å². The number of hydrogen-bond acceptors (Lipinski definition) is 0. The predicted molar refractivity (Wildman–Crippen MR) is 44.0 cm³/mol. The maximum atomic E-state index is 4.76. The van der Waals surface area contributed by atoms with Gasteiger partial charge in [-0.3, -0.25) is 0 Å². The van der Waals surface area contributed by atoms with E-state index >= 15 is 0 Å². The van der Waals surface area contributed by atoms with Gasteiger partial charge in [-0.15, -0.1) is 0 Å². The molecule has 1 aromatic carbocycles. The third-order valence-electron chi connectivity index (χ3n) is 1.70. The Labute approximate surface area is 81.7 Å². The summed E-state index contributed by atoms with van der Waals surface area (Å²) in [5, 5.41) is 0. The summed E-state index contributed by atoms with van der Waals surface area (Å²) in [4.78, 5) is 0. The first-order chi connectivity index (χ1) is 5.47. The molecule has 0 aromatic heterocycles. The van der Waals surface area contributed by atoms with Gasteiger partial charge in [-0.2, -0.15) is 12.3 Å². The van der Waals surface area contributed by atoms with Crippen LogP contribution in [-0.4, -0.2) is 0 Å². The summed E-state index contributed by atoms with van der Waals surface area (Å²) in [5.74, 6) is 0.784. The van der Waals surface area contributed by atoms with Gasteiger partial charge in [0.25, 0.3) is 0 Å². The molecule has 0 amide bonds. The van der Waals surface area contributed by atoms with Crippen LogP contribution in [-0.2, 0) is 17.3 Å². The van der Waals surface area contributed by atoms with E-state index in [1.165, 1.54) is 12.0 Å². The van der Waals surface area contributed by atoms with Crippen LogP contribution in [0.25, 0.3) is 0 Å². The molecule has 1 atom stereocenters. The van der Waals surface area contributed by atoms with E-state index in [0.29, 0.717) is 0 Å². The average molecular weight is 218 g/mol. The molecule has 1 fully saturated rings. The molecule has 1 aliphatic carbocycles. The van der Waals surface area contributed by atoms with Crippen molar-refractivity contribution in [2.45, 2.75) is 12.3 Å². The van der Waals surface area contributed by atoms with Crippen molar-refractivity contribution in [1.29, 1.82) is 0 Å². The fraction of sp³-hybridized carbons (Fsp3) is 0.222. The topological polar surface area (TPSA) is 0 Å². The molecule has 11 heavy (non-hydrogen) atoms. The van der Waals surface area contributed by atoms with E-state index in [4.69, 9.17) is 9.69 Å². The minimum absolute atomic E-state index is 0.784. The first kappa shape index (κ1) is 9.22. The van der Waals surface area contributed by atoms with Gasteiger partial charge in [0.15, 0.2) is 0 Å². The maximum absolute atomic E-state index is 4.76. The molecule has 2 rings (SSSR count). The molecular weight excluding hydrogens is 209 g/mol. The van der Waals surface area contributed by atoms with Crippen LogP contribution in [0.2, 0.25) is 0 Å². The minimum atomic E-state index is 0.784. The molecule has 0 radical (unpaired) electrons. The number of hydrogen-bond donors (Lipinski definition) is 0. The van der Waals surface area contributed by atoms with Gasteiger partial charge < -0.3 is 6.42 Å². The zero-order valence-electron chi connectivity index (χ0n) is 6.33. The summed E-state index contributed by atoms with van der Waals surface area (Å²) in [5.41, 5.74) is 1.47. The number of benzene rings is 1. The maximum Gasteiger partial charge on any atom is -0.0615 e. The van der Waals surface area contributed by atoms with Gasteiger partial charge in [0.2, 0.25) is 0 Å². The molecule has 1 saturated carbocycles. The van der Waals surface area contributed by atoms with Crippen molar-refractivity contribution < 1.29 is 17.3 Å². The SMILES string of the molecule is [Cl][Zn+].c1ccc([C@@H]2[CH-]C2)cc1. The summed E-state index contributed by atoms with van der Waals surface area (Å²) in [7, 11) is 4.76. The van der Waals surface area contributed by atoms with E-state index in [0.717, 1.165) is 23.2 Å². The van der Waals surface area contributed by atoms with Crippen molar-refractivity contribution in [3.05, 3.63) is 42.3 Å². The fourth-order valence-electron chi connectivity index (χ4n) is 1.04. The fourth-order valence-corrected chi connectivity index (χ4v) is 1.04. The van der Waals surface area contributed by atoms with Gasteiger partial charge in [0.1, 0.15) is 0 Å². The van der Waals surface area contributed by atoms with E-state index in [2.05, 4.69) is 36.8 Å². The van der Waals surface area contributed by atoms with Crippen molar-refractivity contribution >= 4 is 9.69 Å². The van der Waals surface area contributed by atoms with Crippen LogP contribution in [0.3, 0.4) is 0 Å². The van der Waals surface area contributed by atoms with Crippen LogP contribution >= 0.6 is 9.69 Å². The van der Waals surface area contributed by atoms with E-state index in [-0.39, 0.29) is 0 Å². The van der Waals surface area contributed by atoms with E-state index in [1.54, 1.807) is 0 Å². The molecule has 0 spiro atoms. The predicted octanol–water partition coefficient (Wildman–Crippen LogP) is 3.07. The van der Waals surface area contributed by atoms with Gasteiger partial charge in [0.05, 0.1) is 0 Å². The molecule has 0 N–H and O–H groups in total. The molecule has 0 saturated heterocycles. The summed E-state index contributed by atoms with van der Waals surface area (Å²) in [6, 6.07) is 10.6. The average Bonchev–Trinajstić information content (AvgIpc) is 2.92. The molecular formula is C9H9ClZn. The van der Waals surface area contributed by atoms with Crippen molar-refractivity contribution in [2.24, 2.45) is 0 Å². The molecule has 0 aliphatic heterocycles. The largest absolute Gasteiger partial charge is 0.325 e. The zero-order chi connectivity index (χ0) is 8.10. The Morgan fingerprint density at radius 1 is 1.27 bits per heavy atom. The van der Waals surface area contributed by atoms with Gasteiger partial charge in [-0.1, -0.05) is 35.9 Å². The summed E-state index contributed by atoms with van der Waals surface area (Å²) < 4.78 is 0. The Bertz CT molecular complexity index is 194. The van der Waals surface area contributed by atoms with Crippen LogP contribution in [0.5, 0.6) is 0 Å². The van der Waals surface area contributed by atoms with Crippen LogP contribution in [0.4, 0.5) is 0 Å². The van der Waals surface area contributed by atoms with Crippen molar-refractivity contribution in [2.75, 3.05) is 0 Å². The Kier molecular flexibility index (Phi) is 4.11. The summed E-state index contributed by atoms with van der Waals surface area (Å²) in [6.45, 7) is 0. The summed E-state index contributed by atoms with van der Waals surface area (Å²) >= 11 is 0.847. The van der Waals surface area contributed by atoms with Gasteiger partial charge in [-0.25, -0.2) is 0 Å².